The van der Waals surface area contributed by atoms with Gasteiger partial charge in [0.15, 0.2) is 0 Å². The Kier molecular flexibility index (Phi) is 3.96. The molecule has 0 aromatic heterocycles. The van der Waals surface area contributed by atoms with Gasteiger partial charge in [-0.25, -0.2) is 0 Å². The topological polar surface area (TPSA) is 20.2 Å². The normalized spacial score (nSPS) is 12.5. The minimum atomic E-state index is -0.707. The molecule has 0 amide bonds. The lowest BCUT2D eigenvalue weighted by Gasteiger charge is -2.15. The fourth-order valence-electron chi connectivity index (χ4n) is 1.88. The first-order valence-corrected chi connectivity index (χ1v) is 6.45. The molecule has 0 aliphatic rings. The Balaban J connectivity index is 2.44. The van der Waals surface area contributed by atoms with E-state index in [1.54, 1.807) is 6.07 Å². The third-order valence-corrected chi connectivity index (χ3v) is 3.93. The average Bonchev–Trinajstić information content (AvgIpc) is 2.35. The van der Waals surface area contributed by atoms with E-state index in [-0.39, 0.29) is 0 Å². The fraction of sp³-hybridized carbons (Fsp3) is 0.200. The molecule has 1 unspecified atom stereocenters. The fourth-order valence-corrected chi connectivity index (χ4v) is 2.25. The standard InChI is InChI=1S/C15H14Cl2O/c1-9-6-7-11(8-14(9)17)15(18)12-4-3-5-13(16)10(12)2/h3-8,15,18H,1-2H3. The Morgan fingerprint density at radius 1 is 1.00 bits per heavy atom. The number of aliphatic hydroxyl groups excluding tert-OH is 1. The van der Waals surface area contributed by atoms with Crippen LogP contribution in [0.2, 0.25) is 10.0 Å². The van der Waals surface area contributed by atoms with Gasteiger partial charge in [-0.15, -0.1) is 0 Å². The molecular formula is C15H14Cl2O. The highest BCUT2D eigenvalue weighted by atomic mass is 35.5. The van der Waals surface area contributed by atoms with Gasteiger partial charge in [0, 0.05) is 10.0 Å². The van der Waals surface area contributed by atoms with Crippen LogP contribution in [-0.2, 0) is 0 Å². The molecule has 2 aromatic rings. The first-order valence-electron chi connectivity index (χ1n) is 5.70. The lowest BCUT2D eigenvalue weighted by molar-refractivity contribution is 0.219. The van der Waals surface area contributed by atoms with Gasteiger partial charge in [0.05, 0.1) is 0 Å². The summed E-state index contributed by atoms with van der Waals surface area (Å²) in [6.07, 6.45) is -0.707. The maximum Gasteiger partial charge on any atom is 0.104 e. The second kappa shape index (κ2) is 5.31. The molecule has 3 heteroatoms. The van der Waals surface area contributed by atoms with Crippen LogP contribution in [0.25, 0.3) is 0 Å². The quantitative estimate of drug-likeness (QED) is 0.846. The van der Waals surface area contributed by atoms with Gasteiger partial charge < -0.3 is 5.11 Å². The molecule has 1 nitrogen and oxygen atoms in total. The van der Waals surface area contributed by atoms with Crippen LogP contribution in [0.1, 0.15) is 28.4 Å². The lowest BCUT2D eigenvalue weighted by Crippen LogP contribution is -2.02. The summed E-state index contributed by atoms with van der Waals surface area (Å²) in [5, 5.41) is 11.7. The average molecular weight is 281 g/mol. The Morgan fingerprint density at radius 2 is 1.72 bits per heavy atom. The molecule has 0 aliphatic heterocycles. The summed E-state index contributed by atoms with van der Waals surface area (Å²) in [4.78, 5) is 0. The zero-order valence-corrected chi connectivity index (χ0v) is 11.8. The number of aryl methyl sites for hydroxylation is 1. The van der Waals surface area contributed by atoms with Gasteiger partial charge in [0.2, 0.25) is 0 Å². The molecule has 0 fully saturated rings. The molecule has 94 valence electrons. The molecule has 0 bridgehead atoms. The zero-order valence-electron chi connectivity index (χ0n) is 10.2. The van der Waals surface area contributed by atoms with Crippen molar-refractivity contribution in [3.63, 3.8) is 0 Å². The maximum absolute atomic E-state index is 10.4. The zero-order chi connectivity index (χ0) is 13.3. The Morgan fingerprint density at radius 3 is 2.39 bits per heavy atom. The summed E-state index contributed by atoms with van der Waals surface area (Å²) in [6, 6.07) is 11.1. The highest BCUT2D eigenvalue weighted by molar-refractivity contribution is 6.31. The van der Waals surface area contributed by atoms with Crippen LogP contribution in [0.3, 0.4) is 0 Å². The van der Waals surface area contributed by atoms with E-state index in [0.717, 1.165) is 22.3 Å². The van der Waals surface area contributed by atoms with E-state index in [2.05, 4.69) is 0 Å². The highest BCUT2D eigenvalue weighted by Crippen LogP contribution is 2.30. The van der Waals surface area contributed by atoms with Gasteiger partial charge in [-0.3, -0.25) is 0 Å². The SMILES string of the molecule is Cc1ccc(C(O)c2cccc(Cl)c2C)cc1Cl. The predicted molar refractivity (Wildman–Crippen MR) is 76.4 cm³/mol. The number of halogens is 2. The van der Waals surface area contributed by atoms with Crippen molar-refractivity contribution in [3.05, 3.63) is 68.7 Å². The number of hydrogen-bond donors (Lipinski definition) is 1. The van der Waals surface area contributed by atoms with E-state index >= 15 is 0 Å². The van der Waals surface area contributed by atoms with E-state index < -0.39 is 6.10 Å². The van der Waals surface area contributed by atoms with Crippen LogP contribution in [0.5, 0.6) is 0 Å². The molecule has 1 N–H and O–H groups in total. The number of hydrogen-bond acceptors (Lipinski definition) is 1. The minimum Gasteiger partial charge on any atom is -0.384 e. The maximum atomic E-state index is 10.4. The van der Waals surface area contributed by atoms with Crippen molar-refractivity contribution in [2.75, 3.05) is 0 Å². The van der Waals surface area contributed by atoms with Gasteiger partial charge >= 0.3 is 0 Å². The van der Waals surface area contributed by atoms with Crippen LogP contribution >= 0.6 is 23.2 Å². The second-order valence-corrected chi connectivity index (χ2v) is 5.18. The third-order valence-electron chi connectivity index (χ3n) is 3.12. The molecule has 2 aromatic carbocycles. The van der Waals surface area contributed by atoms with E-state index in [1.807, 2.05) is 44.2 Å². The van der Waals surface area contributed by atoms with Crippen molar-refractivity contribution in [2.24, 2.45) is 0 Å². The number of benzene rings is 2. The summed E-state index contributed by atoms with van der Waals surface area (Å²) in [5.41, 5.74) is 3.47. The first-order chi connectivity index (χ1) is 8.50. The van der Waals surface area contributed by atoms with E-state index in [1.165, 1.54) is 0 Å². The molecule has 0 heterocycles. The van der Waals surface area contributed by atoms with E-state index in [0.29, 0.717) is 10.0 Å². The smallest absolute Gasteiger partial charge is 0.104 e. The summed E-state index contributed by atoms with van der Waals surface area (Å²) in [6.45, 7) is 3.83. The summed E-state index contributed by atoms with van der Waals surface area (Å²) < 4.78 is 0. The largest absolute Gasteiger partial charge is 0.384 e. The Hall–Kier alpha value is -1.02. The third kappa shape index (κ3) is 2.54. The monoisotopic (exact) mass is 280 g/mol. The second-order valence-electron chi connectivity index (χ2n) is 4.37. The number of aliphatic hydroxyl groups is 1. The van der Waals surface area contributed by atoms with Crippen LogP contribution in [0, 0.1) is 13.8 Å². The highest BCUT2D eigenvalue weighted by Gasteiger charge is 2.14. The van der Waals surface area contributed by atoms with Crippen molar-refractivity contribution in [1.82, 2.24) is 0 Å². The van der Waals surface area contributed by atoms with Crippen LogP contribution in [-0.4, -0.2) is 5.11 Å². The number of rotatable bonds is 2. The van der Waals surface area contributed by atoms with Crippen molar-refractivity contribution < 1.29 is 5.11 Å². The molecule has 2 rings (SSSR count). The molecule has 0 saturated carbocycles. The van der Waals surface area contributed by atoms with Crippen molar-refractivity contribution >= 4 is 23.2 Å². The molecule has 0 radical (unpaired) electrons. The molecular weight excluding hydrogens is 267 g/mol. The molecule has 0 saturated heterocycles. The van der Waals surface area contributed by atoms with Crippen molar-refractivity contribution in [2.45, 2.75) is 20.0 Å². The molecule has 18 heavy (non-hydrogen) atoms. The Bertz CT molecular complexity index is 579. The first kappa shape index (κ1) is 13.4. The Labute approximate surface area is 117 Å². The predicted octanol–water partition coefficient (Wildman–Crippen LogP) is 4.69. The summed E-state index contributed by atoms with van der Waals surface area (Å²) in [5.74, 6) is 0. The van der Waals surface area contributed by atoms with Gasteiger partial charge in [-0.1, -0.05) is 47.5 Å². The summed E-state index contributed by atoms with van der Waals surface area (Å²) in [7, 11) is 0. The van der Waals surface area contributed by atoms with E-state index in [9.17, 15) is 5.11 Å². The van der Waals surface area contributed by atoms with E-state index in [4.69, 9.17) is 23.2 Å². The van der Waals surface area contributed by atoms with Gasteiger partial charge in [-0.05, 0) is 48.2 Å². The van der Waals surface area contributed by atoms with Crippen LogP contribution in [0.4, 0.5) is 0 Å². The molecule has 0 aliphatic carbocycles. The molecule has 1 atom stereocenters. The van der Waals surface area contributed by atoms with Gasteiger partial charge in [0.25, 0.3) is 0 Å². The van der Waals surface area contributed by atoms with Crippen molar-refractivity contribution in [3.8, 4) is 0 Å². The lowest BCUT2D eigenvalue weighted by atomic mass is 9.97. The minimum absolute atomic E-state index is 0.657. The van der Waals surface area contributed by atoms with Crippen LogP contribution in [0.15, 0.2) is 36.4 Å². The van der Waals surface area contributed by atoms with Crippen molar-refractivity contribution in [1.29, 1.82) is 0 Å². The van der Waals surface area contributed by atoms with Crippen LogP contribution < -0.4 is 0 Å². The van der Waals surface area contributed by atoms with Gasteiger partial charge in [-0.2, -0.15) is 0 Å². The summed E-state index contributed by atoms with van der Waals surface area (Å²) >= 11 is 12.1. The van der Waals surface area contributed by atoms with Gasteiger partial charge in [0.1, 0.15) is 6.10 Å². The molecule has 0 spiro atoms.